The number of rotatable bonds is 11. The van der Waals surface area contributed by atoms with E-state index in [1.165, 1.54) is 4.90 Å². The van der Waals surface area contributed by atoms with Crippen LogP contribution >= 0.6 is 11.8 Å². The van der Waals surface area contributed by atoms with Gasteiger partial charge in [0.15, 0.2) is 0 Å². The first kappa shape index (κ1) is 24.2. The molecule has 1 aliphatic rings. The molecule has 1 saturated heterocycles. The Labute approximate surface area is 170 Å². The summed E-state index contributed by atoms with van der Waals surface area (Å²) in [6, 6.07) is -2.38. The van der Waals surface area contributed by atoms with E-state index in [0.717, 1.165) is 5.75 Å². The third-order valence-electron chi connectivity index (χ3n) is 4.58. The molecule has 0 aromatic rings. The number of thioether (sulfide) groups is 1. The van der Waals surface area contributed by atoms with Gasteiger partial charge in [-0.25, -0.2) is 4.79 Å². The van der Waals surface area contributed by atoms with Crippen LogP contribution in [0.25, 0.3) is 0 Å². The van der Waals surface area contributed by atoms with Crippen molar-refractivity contribution in [3.8, 4) is 0 Å². The predicted molar refractivity (Wildman–Crippen MR) is 108 cm³/mol. The molecule has 0 bridgehead atoms. The molecule has 0 saturated carbocycles. The van der Waals surface area contributed by atoms with Gasteiger partial charge in [0.1, 0.15) is 12.1 Å². The smallest absolute Gasteiger partial charge is 0.326 e. The summed E-state index contributed by atoms with van der Waals surface area (Å²) in [5.41, 5.74) is 5.77. The van der Waals surface area contributed by atoms with Crippen molar-refractivity contribution in [3.05, 3.63) is 0 Å². The normalized spacial score (nSPS) is 18.6. The van der Waals surface area contributed by atoms with Gasteiger partial charge in [0.25, 0.3) is 0 Å². The van der Waals surface area contributed by atoms with E-state index in [0.29, 0.717) is 32.2 Å². The van der Waals surface area contributed by atoms with Gasteiger partial charge >= 0.3 is 5.97 Å². The monoisotopic (exact) mass is 416 g/mol. The minimum Gasteiger partial charge on any atom is -0.480 e. The molecule has 3 atom stereocenters. The number of hydrogen-bond donors (Lipinski definition) is 4. The van der Waals surface area contributed by atoms with E-state index in [1.807, 2.05) is 20.1 Å². The van der Waals surface area contributed by atoms with E-state index < -0.39 is 35.9 Å². The van der Waals surface area contributed by atoms with Crippen LogP contribution in [0.1, 0.15) is 39.5 Å². The van der Waals surface area contributed by atoms with Gasteiger partial charge in [0.2, 0.25) is 17.7 Å². The fraction of sp³-hybridized carbons (Fsp3) is 0.778. The molecule has 3 unspecified atom stereocenters. The van der Waals surface area contributed by atoms with Gasteiger partial charge < -0.3 is 26.4 Å². The third kappa shape index (κ3) is 7.67. The van der Waals surface area contributed by atoms with Crippen LogP contribution in [-0.4, -0.2) is 76.9 Å². The Balaban J connectivity index is 2.60. The van der Waals surface area contributed by atoms with Crippen LogP contribution in [0.2, 0.25) is 0 Å². The van der Waals surface area contributed by atoms with Crippen LogP contribution in [0.15, 0.2) is 0 Å². The standard InChI is InChI=1S/C18H32N4O5S/c1-11(2)9-13(18(26)27)21-17(25)14-5-4-7-22(14)15(23)10-20-16(24)12(19)6-8-28-3/h11-14H,4-10,19H2,1-3H3,(H,20,24)(H,21,25)(H,26,27). The van der Waals surface area contributed by atoms with Crippen molar-refractivity contribution in [1.82, 2.24) is 15.5 Å². The van der Waals surface area contributed by atoms with Crippen molar-refractivity contribution in [1.29, 1.82) is 0 Å². The molecule has 0 aromatic heterocycles. The highest BCUT2D eigenvalue weighted by molar-refractivity contribution is 7.98. The minimum atomic E-state index is -1.09. The quantitative estimate of drug-likeness (QED) is 0.365. The Bertz CT molecular complexity index is 572. The summed E-state index contributed by atoms with van der Waals surface area (Å²) in [4.78, 5) is 49.7. The van der Waals surface area contributed by atoms with Crippen LogP contribution in [0.5, 0.6) is 0 Å². The van der Waals surface area contributed by atoms with E-state index in [9.17, 15) is 24.3 Å². The first-order valence-corrected chi connectivity index (χ1v) is 10.9. The number of carboxylic acids is 1. The van der Waals surface area contributed by atoms with Crippen LogP contribution < -0.4 is 16.4 Å². The van der Waals surface area contributed by atoms with Gasteiger partial charge in [-0.1, -0.05) is 13.8 Å². The number of carbonyl (C=O) groups excluding carboxylic acids is 3. The minimum absolute atomic E-state index is 0.105. The molecular weight excluding hydrogens is 384 g/mol. The van der Waals surface area contributed by atoms with Crippen LogP contribution in [0, 0.1) is 5.92 Å². The Morgan fingerprint density at radius 2 is 1.96 bits per heavy atom. The Hall–Kier alpha value is -1.81. The highest BCUT2D eigenvalue weighted by Gasteiger charge is 2.36. The number of nitrogens with two attached hydrogens (primary N) is 1. The highest BCUT2D eigenvalue weighted by atomic mass is 32.2. The Kier molecular flexibility index (Phi) is 10.3. The highest BCUT2D eigenvalue weighted by Crippen LogP contribution is 2.18. The number of carbonyl (C=O) groups is 4. The molecule has 28 heavy (non-hydrogen) atoms. The molecule has 0 spiro atoms. The lowest BCUT2D eigenvalue weighted by molar-refractivity contribution is -0.144. The van der Waals surface area contributed by atoms with Crippen molar-refractivity contribution in [3.63, 3.8) is 0 Å². The largest absolute Gasteiger partial charge is 0.480 e. The zero-order valence-electron chi connectivity index (χ0n) is 16.8. The number of amides is 3. The second-order valence-electron chi connectivity index (χ2n) is 7.38. The van der Waals surface area contributed by atoms with E-state index >= 15 is 0 Å². The molecule has 1 heterocycles. The summed E-state index contributed by atoms with van der Waals surface area (Å²) in [6.45, 7) is 3.91. The van der Waals surface area contributed by atoms with Crippen molar-refractivity contribution in [2.45, 2.75) is 57.7 Å². The van der Waals surface area contributed by atoms with Gasteiger partial charge in [-0.05, 0) is 43.6 Å². The molecule has 1 aliphatic heterocycles. The molecule has 10 heteroatoms. The number of aliphatic carboxylic acids is 1. The average molecular weight is 417 g/mol. The van der Waals surface area contributed by atoms with E-state index in [4.69, 9.17) is 5.73 Å². The second-order valence-corrected chi connectivity index (χ2v) is 8.37. The van der Waals surface area contributed by atoms with Gasteiger partial charge in [0.05, 0.1) is 12.6 Å². The summed E-state index contributed by atoms with van der Waals surface area (Å²) >= 11 is 1.58. The summed E-state index contributed by atoms with van der Waals surface area (Å²) in [6.07, 6.45) is 3.86. The van der Waals surface area contributed by atoms with E-state index in [1.54, 1.807) is 11.8 Å². The summed E-state index contributed by atoms with van der Waals surface area (Å²) < 4.78 is 0. The molecular formula is C18H32N4O5S. The lowest BCUT2D eigenvalue weighted by Crippen LogP contribution is -2.53. The van der Waals surface area contributed by atoms with Gasteiger partial charge in [-0.3, -0.25) is 14.4 Å². The van der Waals surface area contributed by atoms with Crippen molar-refractivity contribution >= 4 is 35.5 Å². The molecule has 1 rings (SSSR count). The topological polar surface area (TPSA) is 142 Å². The van der Waals surface area contributed by atoms with Crippen molar-refractivity contribution in [2.24, 2.45) is 11.7 Å². The molecule has 0 aliphatic carbocycles. The number of nitrogens with zero attached hydrogens (tertiary/aromatic N) is 1. The lowest BCUT2D eigenvalue weighted by Gasteiger charge is -2.26. The maximum absolute atomic E-state index is 12.5. The van der Waals surface area contributed by atoms with E-state index in [-0.39, 0.29) is 18.4 Å². The average Bonchev–Trinajstić information content (AvgIpc) is 3.12. The number of carboxylic acid groups (broad SMARTS) is 1. The summed E-state index contributed by atoms with van der Waals surface area (Å²) in [5.74, 6) is -1.48. The first-order valence-electron chi connectivity index (χ1n) is 9.52. The SMILES string of the molecule is CSCCC(N)C(=O)NCC(=O)N1CCCC1C(=O)NC(CC(C)C)C(=O)O. The fourth-order valence-electron chi connectivity index (χ4n) is 3.07. The fourth-order valence-corrected chi connectivity index (χ4v) is 3.56. The van der Waals surface area contributed by atoms with Crippen molar-refractivity contribution in [2.75, 3.05) is 25.1 Å². The first-order chi connectivity index (χ1) is 13.2. The predicted octanol–water partition coefficient (Wildman–Crippen LogP) is -0.210. The van der Waals surface area contributed by atoms with E-state index in [2.05, 4.69) is 10.6 Å². The molecule has 0 radical (unpaired) electrons. The summed E-state index contributed by atoms with van der Waals surface area (Å²) in [7, 11) is 0. The number of hydrogen-bond acceptors (Lipinski definition) is 6. The Morgan fingerprint density at radius 3 is 2.54 bits per heavy atom. The van der Waals surface area contributed by atoms with Crippen LogP contribution in [0.3, 0.4) is 0 Å². The molecule has 5 N–H and O–H groups in total. The van der Waals surface area contributed by atoms with Crippen LogP contribution in [0.4, 0.5) is 0 Å². The Morgan fingerprint density at radius 1 is 1.29 bits per heavy atom. The molecule has 0 aromatic carbocycles. The van der Waals surface area contributed by atoms with Gasteiger partial charge in [-0.2, -0.15) is 11.8 Å². The number of likely N-dealkylation sites (tertiary alicyclic amines) is 1. The zero-order valence-corrected chi connectivity index (χ0v) is 17.6. The molecule has 1 fully saturated rings. The lowest BCUT2D eigenvalue weighted by atomic mass is 10.0. The van der Waals surface area contributed by atoms with Crippen LogP contribution in [-0.2, 0) is 19.2 Å². The molecule has 9 nitrogen and oxygen atoms in total. The molecule has 160 valence electrons. The van der Waals surface area contributed by atoms with Gasteiger partial charge in [-0.15, -0.1) is 0 Å². The maximum Gasteiger partial charge on any atom is 0.326 e. The zero-order chi connectivity index (χ0) is 21.3. The van der Waals surface area contributed by atoms with Gasteiger partial charge in [0, 0.05) is 6.54 Å². The van der Waals surface area contributed by atoms with Crippen molar-refractivity contribution < 1.29 is 24.3 Å². The number of nitrogens with one attached hydrogen (secondary N) is 2. The molecule has 3 amide bonds. The summed E-state index contributed by atoms with van der Waals surface area (Å²) in [5, 5.41) is 14.4. The maximum atomic E-state index is 12.5. The third-order valence-corrected chi connectivity index (χ3v) is 5.23. The second kappa shape index (κ2) is 11.9.